The quantitative estimate of drug-likeness (QED) is 0.876. The number of nitrogens with one attached hydrogen (secondary N) is 1. The van der Waals surface area contributed by atoms with Gasteiger partial charge in [0.1, 0.15) is 5.54 Å². The number of hydrogen-bond donors (Lipinski definition) is 1. The summed E-state index contributed by atoms with van der Waals surface area (Å²) in [5.41, 5.74) is 0.323. The molecule has 1 aromatic rings. The number of nitrogens with zero attached hydrogens (tertiary/aromatic N) is 2. The van der Waals surface area contributed by atoms with Crippen LogP contribution >= 0.6 is 11.6 Å². The molecule has 2 rings (SSSR count). The van der Waals surface area contributed by atoms with Gasteiger partial charge in [0, 0.05) is 6.54 Å². The first-order chi connectivity index (χ1) is 8.15. The average Bonchev–Trinajstić information content (AvgIpc) is 2.32. The van der Waals surface area contributed by atoms with Crippen LogP contribution in [-0.4, -0.2) is 30.6 Å². The Kier molecular flexibility index (Phi) is 3.56. The third kappa shape index (κ3) is 2.71. The van der Waals surface area contributed by atoms with Gasteiger partial charge >= 0.3 is 0 Å². The predicted molar refractivity (Wildman–Crippen MR) is 70.1 cm³/mol. The fourth-order valence-electron chi connectivity index (χ4n) is 2.31. The molecule has 0 aromatic heterocycles. The summed E-state index contributed by atoms with van der Waals surface area (Å²) in [6, 6.07) is 9.97. The lowest BCUT2D eigenvalue weighted by Gasteiger charge is -2.37. The Balaban J connectivity index is 2.20. The molecule has 1 aromatic carbocycles. The second-order valence-electron chi connectivity index (χ2n) is 4.64. The van der Waals surface area contributed by atoms with E-state index in [1.165, 1.54) is 0 Å². The normalized spacial score (nSPS) is 25.2. The Morgan fingerprint density at radius 3 is 2.88 bits per heavy atom. The number of hydrogen-bond acceptors (Lipinski definition) is 3. The van der Waals surface area contributed by atoms with Crippen LogP contribution in [0.3, 0.4) is 0 Å². The fourth-order valence-corrected chi connectivity index (χ4v) is 2.49. The van der Waals surface area contributed by atoms with Gasteiger partial charge in [-0.05, 0) is 38.6 Å². The van der Waals surface area contributed by atoms with Gasteiger partial charge in [0.05, 0.1) is 16.8 Å². The molecule has 0 aliphatic carbocycles. The number of piperidine rings is 1. The average molecular weight is 250 g/mol. The molecule has 1 heterocycles. The number of benzene rings is 1. The van der Waals surface area contributed by atoms with Crippen molar-refractivity contribution >= 4 is 17.3 Å². The van der Waals surface area contributed by atoms with Crippen molar-refractivity contribution in [2.45, 2.75) is 18.4 Å². The number of anilines is 1. The molecule has 1 aliphatic rings. The lowest BCUT2D eigenvalue weighted by atomic mass is 9.90. The van der Waals surface area contributed by atoms with Crippen molar-refractivity contribution in [3.05, 3.63) is 29.3 Å². The topological polar surface area (TPSA) is 39.1 Å². The molecule has 0 spiro atoms. The highest BCUT2D eigenvalue weighted by molar-refractivity contribution is 6.33. The van der Waals surface area contributed by atoms with Crippen molar-refractivity contribution in [3.63, 3.8) is 0 Å². The number of rotatable bonds is 2. The van der Waals surface area contributed by atoms with Crippen molar-refractivity contribution < 1.29 is 0 Å². The zero-order valence-corrected chi connectivity index (χ0v) is 10.7. The maximum atomic E-state index is 9.43. The second kappa shape index (κ2) is 4.95. The molecule has 1 atom stereocenters. The molecular formula is C13H16ClN3. The minimum atomic E-state index is -0.516. The standard InChI is InChI=1S/C13H16ClN3/c1-17-8-4-7-13(9-15,10-17)16-12-6-3-2-5-11(12)14/h2-3,5-6,16H,4,7-8,10H2,1H3. The molecule has 1 aliphatic heterocycles. The molecule has 90 valence electrons. The summed E-state index contributed by atoms with van der Waals surface area (Å²) in [5, 5.41) is 13.4. The number of nitriles is 1. The highest BCUT2D eigenvalue weighted by Crippen LogP contribution is 2.28. The largest absolute Gasteiger partial charge is 0.365 e. The Bertz CT molecular complexity index is 441. The van der Waals surface area contributed by atoms with Crippen LogP contribution in [-0.2, 0) is 0 Å². The van der Waals surface area contributed by atoms with Crippen LogP contribution in [0.15, 0.2) is 24.3 Å². The molecule has 1 saturated heterocycles. The molecule has 0 bridgehead atoms. The number of para-hydroxylation sites is 1. The van der Waals surface area contributed by atoms with Gasteiger partial charge in [0.25, 0.3) is 0 Å². The number of likely N-dealkylation sites (N-methyl/N-ethyl adjacent to an activating group) is 1. The summed E-state index contributed by atoms with van der Waals surface area (Å²) < 4.78 is 0. The SMILES string of the molecule is CN1CCCC(C#N)(Nc2ccccc2Cl)C1. The van der Waals surface area contributed by atoms with Crippen molar-refractivity contribution in [2.24, 2.45) is 0 Å². The van der Waals surface area contributed by atoms with E-state index >= 15 is 0 Å². The molecule has 1 N–H and O–H groups in total. The summed E-state index contributed by atoms with van der Waals surface area (Å²) in [7, 11) is 2.04. The van der Waals surface area contributed by atoms with Crippen LogP contribution in [0.2, 0.25) is 5.02 Å². The van der Waals surface area contributed by atoms with Gasteiger partial charge in [-0.1, -0.05) is 23.7 Å². The predicted octanol–water partition coefficient (Wildman–Crippen LogP) is 2.74. The van der Waals surface area contributed by atoms with E-state index in [4.69, 9.17) is 11.6 Å². The smallest absolute Gasteiger partial charge is 0.138 e. The van der Waals surface area contributed by atoms with E-state index in [2.05, 4.69) is 16.3 Å². The minimum absolute atomic E-state index is 0.516. The van der Waals surface area contributed by atoms with Crippen molar-refractivity contribution in [3.8, 4) is 6.07 Å². The van der Waals surface area contributed by atoms with Gasteiger partial charge < -0.3 is 10.2 Å². The summed E-state index contributed by atoms with van der Waals surface area (Å²) in [6.07, 6.45) is 1.89. The van der Waals surface area contributed by atoms with E-state index in [0.29, 0.717) is 5.02 Å². The lowest BCUT2D eigenvalue weighted by molar-refractivity contribution is 0.227. The maximum absolute atomic E-state index is 9.43. The Morgan fingerprint density at radius 1 is 1.47 bits per heavy atom. The molecule has 0 amide bonds. The van der Waals surface area contributed by atoms with Gasteiger partial charge in [0.15, 0.2) is 0 Å². The minimum Gasteiger partial charge on any atom is -0.365 e. The van der Waals surface area contributed by atoms with E-state index < -0.39 is 5.54 Å². The third-order valence-electron chi connectivity index (χ3n) is 3.15. The Labute approximate surface area is 107 Å². The summed E-state index contributed by atoms with van der Waals surface area (Å²) in [5.74, 6) is 0. The number of halogens is 1. The van der Waals surface area contributed by atoms with Crippen LogP contribution in [0.1, 0.15) is 12.8 Å². The first-order valence-electron chi connectivity index (χ1n) is 5.78. The van der Waals surface area contributed by atoms with Gasteiger partial charge in [-0.15, -0.1) is 0 Å². The van der Waals surface area contributed by atoms with E-state index in [0.717, 1.165) is 31.6 Å². The summed E-state index contributed by atoms with van der Waals surface area (Å²) in [6.45, 7) is 1.78. The van der Waals surface area contributed by atoms with Gasteiger partial charge in [-0.25, -0.2) is 0 Å². The lowest BCUT2D eigenvalue weighted by Crippen LogP contribution is -2.50. The molecule has 1 fully saturated rings. The van der Waals surface area contributed by atoms with Crippen LogP contribution in [0, 0.1) is 11.3 Å². The van der Waals surface area contributed by atoms with E-state index in [9.17, 15) is 5.26 Å². The van der Waals surface area contributed by atoms with E-state index in [1.54, 1.807) is 0 Å². The molecular weight excluding hydrogens is 234 g/mol. The molecule has 3 nitrogen and oxygen atoms in total. The Hall–Kier alpha value is -1.24. The molecule has 4 heteroatoms. The number of likely N-dealkylation sites (tertiary alicyclic amines) is 1. The highest BCUT2D eigenvalue weighted by Gasteiger charge is 2.34. The van der Waals surface area contributed by atoms with Crippen LogP contribution in [0.5, 0.6) is 0 Å². The zero-order chi connectivity index (χ0) is 12.3. The molecule has 1 unspecified atom stereocenters. The van der Waals surface area contributed by atoms with E-state index in [1.807, 2.05) is 31.3 Å². The van der Waals surface area contributed by atoms with Crippen LogP contribution in [0.4, 0.5) is 5.69 Å². The van der Waals surface area contributed by atoms with Crippen molar-refractivity contribution in [1.82, 2.24) is 4.90 Å². The summed E-state index contributed by atoms with van der Waals surface area (Å²) >= 11 is 6.11. The van der Waals surface area contributed by atoms with Crippen LogP contribution in [0.25, 0.3) is 0 Å². The highest BCUT2D eigenvalue weighted by atomic mass is 35.5. The fraction of sp³-hybridized carbons (Fsp3) is 0.462. The van der Waals surface area contributed by atoms with Crippen molar-refractivity contribution in [1.29, 1.82) is 5.26 Å². The van der Waals surface area contributed by atoms with Crippen molar-refractivity contribution in [2.75, 3.05) is 25.5 Å². The van der Waals surface area contributed by atoms with Gasteiger partial charge in [-0.3, -0.25) is 0 Å². The zero-order valence-electron chi connectivity index (χ0n) is 9.91. The van der Waals surface area contributed by atoms with Crippen LogP contribution < -0.4 is 5.32 Å². The Morgan fingerprint density at radius 2 is 2.24 bits per heavy atom. The third-order valence-corrected chi connectivity index (χ3v) is 3.47. The van der Waals surface area contributed by atoms with Gasteiger partial charge in [-0.2, -0.15) is 5.26 Å². The monoisotopic (exact) mass is 249 g/mol. The van der Waals surface area contributed by atoms with E-state index in [-0.39, 0.29) is 0 Å². The molecule has 0 radical (unpaired) electrons. The first-order valence-corrected chi connectivity index (χ1v) is 6.15. The van der Waals surface area contributed by atoms with Gasteiger partial charge in [0.2, 0.25) is 0 Å². The first kappa shape index (κ1) is 12.2. The second-order valence-corrected chi connectivity index (χ2v) is 5.05. The molecule has 0 saturated carbocycles. The molecule has 17 heavy (non-hydrogen) atoms. The summed E-state index contributed by atoms with van der Waals surface area (Å²) in [4.78, 5) is 2.18. The maximum Gasteiger partial charge on any atom is 0.138 e.